The zero-order valence-electron chi connectivity index (χ0n) is 11.8. The van der Waals surface area contributed by atoms with Crippen LogP contribution in [0.2, 0.25) is 0 Å². The minimum Gasteiger partial charge on any atom is -0.377 e. The molecule has 1 aliphatic rings. The van der Waals surface area contributed by atoms with E-state index in [0.29, 0.717) is 13.2 Å². The predicted octanol–water partition coefficient (Wildman–Crippen LogP) is -0.147. The normalized spacial score (nSPS) is 22.9. The molecule has 110 valence electrons. The molecule has 3 unspecified atom stereocenters. The highest BCUT2D eigenvalue weighted by molar-refractivity contribution is 5.87. The Balaban J connectivity index is 2.51. The second kappa shape index (κ2) is 7.45. The second-order valence-corrected chi connectivity index (χ2v) is 5.33. The molecule has 0 saturated carbocycles. The number of ether oxygens (including phenoxy) is 1. The first-order valence-corrected chi connectivity index (χ1v) is 6.86. The van der Waals surface area contributed by atoms with Crippen molar-refractivity contribution < 1.29 is 14.3 Å². The van der Waals surface area contributed by atoms with Gasteiger partial charge in [0.1, 0.15) is 6.04 Å². The van der Waals surface area contributed by atoms with Crippen molar-refractivity contribution in [3.8, 4) is 0 Å². The van der Waals surface area contributed by atoms with E-state index in [4.69, 9.17) is 16.2 Å². The lowest BCUT2D eigenvalue weighted by molar-refractivity contribution is -0.150. The molecular weight excluding hydrogens is 246 g/mol. The smallest absolute Gasteiger partial charge is 0.242 e. The third-order valence-corrected chi connectivity index (χ3v) is 3.46. The van der Waals surface area contributed by atoms with E-state index in [1.807, 2.05) is 13.8 Å². The Morgan fingerprint density at radius 1 is 1.37 bits per heavy atom. The summed E-state index contributed by atoms with van der Waals surface area (Å²) in [5, 5.41) is 0. The Kier molecular flexibility index (Phi) is 6.24. The zero-order chi connectivity index (χ0) is 14.4. The van der Waals surface area contributed by atoms with Crippen LogP contribution in [0.15, 0.2) is 0 Å². The average molecular weight is 271 g/mol. The Morgan fingerprint density at radius 3 is 2.63 bits per heavy atom. The maximum atomic E-state index is 12.3. The summed E-state index contributed by atoms with van der Waals surface area (Å²) in [5.74, 6) is -0.633. The molecule has 4 N–H and O–H groups in total. The quantitative estimate of drug-likeness (QED) is 0.702. The van der Waals surface area contributed by atoms with Crippen molar-refractivity contribution in [3.05, 3.63) is 0 Å². The standard InChI is InChI=1S/C13H25N3O3/c1-9(4-3-5-10(2)14)13(18)16-6-7-19-8-11(16)12(15)17/h9-11H,3-8,14H2,1-2H3,(H2,15,17). The van der Waals surface area contributed by atoms with Crippen LogP contribution in [0, 0.1) is 5.92 Å². The van der Waals surface area contributed by atoms with Crippen LogP contribution in [0.25, 0.3) is 0 Å². The number of nitrogens with zero attached hydrogens (tertiary/aromatic N) is 1. The van der Waals surface area contributed by atoms with Crippen LogP contribution in [0.1, 0.15) is 33.1 Å². The number of carbonyl (C=O) groups is 2. The highest BCUT2D eigenvalue weighted by Crippen LogP contribution is 2.16. The van der Waals surface area contributed by atoms with Crippen LogP contribution in [0.3, 0.4) is 0 Å². The van der Waals surface area contributed by atoms with E-state index >= 15 is 0 Å². The lowest BCUT2D eigenvalue weighted by Crippen LogP contribution is -2.55. The van der Waals surface area contributed by atoms with E-state index in [9.17, 15) is 9.59 Å². The van der Waals surface area contributed by atoms with Crippen molar-refractivity contribution in [1.82, 2.24) is 4.90 Å². The Bertz CT molecular complexity index is 320. The van der Waals surface area contributed by atoms with Gasteiger partial charge in [-0.15, -0.1) is 0 Å². The molecule has 1 aliphatic heterocycles. The van der Waals surface area contributed by atoms with Crippen molar-refractivity contribution in [2.75, 3.05) is 19.8 Å². The maximum absolute atomic E-state index is 12.3. The van der Waals surface area contributed by atoms with Gasteiger partial charge in [0.05, 0.1) is 13.2 Å². The number of hydrogen-bond donors (Lipinski definition) is 2. The monoisotopic (exact) mass is 271 g/mol. The van der Waals surface area contributed by atoms with Crippen LogP contribution >= 0.6 is 0 Å². The molecule has 0 aromatic carbocycles. The van der Waals surface area contributed by atoms with E-state index in [1.54, 1.807) is 4.90 Å². The first-order chi connectivity index (χ1) is 8.93. The minimum atomic E-state index is -0.628. The molecular formula is C13H25N3O3. The number of morpholine rings is 1. The molecule has 1 rings (SSSR count). The number of nitrogens with two attached hydrogens (primary N) is 2. The first kappa shape index (κ1) is 15.9. The molecule has 6 nitrogen and oxygen atoms in total. The van der Waals surface area contributed by atoms with Crippen molar-refractivity contribution >= 4 is 11.8 Å². The summed E-state index contributed by atoms with van der Waals surface area (Å²) in [6.07, 6.45) is 2.60. The Labute approximate surface area is 114 Å². The van der Waals surface area contributed by atoms with E-state index in [2.05, 4.69) is 0 Å². The van der Waals surface area contributed by atoms with Gasteiger partial charge in [-0.25, -0.2) is 0 Å². The van der Waals surface area contributed by atoms with Gasteiger partial charge in [0, 0.05) is 18.5 Å². The van der Waals surface area contributed by atoms with Crippen molar-refractivity contribution in [2.24, 2.45) is 17.4 Å². The zero-order valence-corrected chi connectivity index (χ0v) is 11.8. The topological polar surface area (TPSA) is 98.7 Å². The van der Waals surface area contributed by atoms with Crippen molar-refractivity contribution in [2.45, 2.75) is 45.2 Å². The van der Waals surface area contributed by atoms with Crippen molar-refractivity contribution in [3.63, 3.8) is 0 Å². The van der Waals surface area contributed by atoms with Gasteiger partial charge in [-0.2, -0.15) is 0 Å². The lowest BCUT2D eigenvalue weighted by atomic mass is 9.99. The molecule has 3 atom stereocenters. The fourth-order valence-electron chi connectivity index (χ4n) is 2.26. The number of rotatable bonds is 6. The number of amides is 2. The van der Waals surface area contributed by atoms with Gasteiger partial charge in [0.15, 0.2) is 0 Å². The first-order valence-electron chi connectivity index (χ1n) is 6.86. The maximum Gasteiger partial charge on any atom is 0.242 e. The van der Waals surface area contributed by atoms with Crippen molar-refractivity contribution in [1.29, 1.82) is 0 Å². The fraction of sp³-hybridized carbons (Fsp3) is 0.846. The lowest BCUT2D eigenvalue weighted by Gasteiger charge is -2.35. The molecule has 0 spiro atoms. The van der Waals surface area contributed by atoms with Crippen LogP contribution in [-0.4, -0.2) is 48.6 Å². The van der Waals surface area contributed by atoms with Crippen LogP contribution in [0.4, 0.5) is 0 Å². The molecule has 19 heavy (non-hydrogen) atoms. The molecule has 0 radical (unpaired) electrons. The molecule has 1 saturated heterocycles. The van der Waals surface area contributed by atoms with Crippen LogP contribution < -0.4 is 11.5 Å². The molecule has 2 amide bonds. The average Bonchev–Trinajstić information content (AvgIpc) is 2.37. The summed E-state index contributed by atoms with van der Waals surface area (Å²) in [6, 6.07) is -0.471. The predicted molar refractivity (Wildman–Crippen MR) is 72.2 cm³/mol. The van der Waals surface area contributed by atoms with E-state index < -0.39 is 11.9 Å². The molecule has 1 heterocycles. The van der Waals surface area contributed by atoms with E-state index in [0.717, 1.165) is 19.3 Å². The molecule has 0 bridgehead atoms. The van der Waals surface area contributed by atoms with Gasteiger partial charge >= 0.3 is 0 Å². The van der Waals surface area contributed by atoms with Gasteiger partial charge in [0.2, 0.25) is 11.8 Å². The Morgan fingerprint density at radius 2 is 2.05 bits per heavy atom. The van der Waals surface area contributed by atoms with Crippen LogP contribution in [-0.2, 0) is 14.3 Å². The van der Waals surface area contributed by atoms with Gasteiger partial charge in [-0.05, 0) is 19.8 Å². The number of primary amides is 1. The van der Waals surface area contributed by atoms with Gasteiger partial charge in [0.25, 0.3) is 0 Å². The highest BCUT2D eigenvalue weighted by Gasteiger charge is 2.33. The largest absolute Gasteiger partial charge is 0.377 e. The number of hydrogen-bond acceptors (Lipinski definition) is 4. The fourth-order valence-corrected chi connectivity index (χ4v) is 2.26. The van der Waals surface area contributed by atoms with E-state index in [-0.39, 0.29) is 24.5 Å². The second-order valence-electron chi connectivity index (χ2n) is 5.33. The van der Waals surface area contributed by atoms with E-state index in [1.165, 1.54) is 0 Å². The highest BCUT2D eigenvalue weighted by atomic mass is 16.5. The number of carbonyl (C=O) groups excluding carboxylic acids is 2. The van der Waals surface area contributed by atoms with Gasteiger partial charge in [-0.3, -0.25) is 9.59 Å². The molecule has 0 aromatic heterocycles. The summed E-state index contributed by atoms with van der Waals surface area (Å²) in [6.45, 7) is 4.94. The molecule has 1 fully saturated rings. The van der Waals surface area contributed by atoms with Gasteiger partial charge in [-0.1, -0.05) is 13.3 Å². The summed E-state index contributed by atoms with van der Waals surface area (Å²) in [4.78, 5) is 25.2. The third-order valence-electron chi connectivity index (χ3n) is 3.46. The minimum absolute atomic E-state index is 0.0169. The summed E-state index contributed by atoms with van der Waals surface area (Å²) in [5.41, 5.74) is 11.0. The molecule has 0 aromatic rings. The molecule has 0 aliphatic carbocycles. The summed E-state index contributed by atoms with van der Waals surface area (Å²) >= 11 is 0. The van der Waals surface area contributed by atoms with Gasteiger partial charge < -0.3 is 21.1 Å². The summed E-state index contributed by atoms with van der Waals surface area (Å²) < 4.78 is 5.20. The SMILES string of the molecule is CC(N)CCCC(C)C(=O)N1CCOCC1C(N)=O. The Hall–Kier alpha value is -1.14. The molecule has 6 heteroatoms. The summed E-state index contributed by atoms with van der Waals surface area (Å²) in [7, 11) is 0. The third kappa shape index (κ3) is 4.80. The van der Waals surface area contributed by atoms with Crippen LogP contribution in [0.5, 0.6) is 0 Å².